The van der Waals surface area contributed by atoms with Gasteiger partial charge in [0.1, 0.15) is 0 Å². The Morgan fingerprint density at radius 3 is 1.78 bits per heavy atom. The maximum Gasteiger partial charge on any atom is 0.0468 e. The van der Waals surface area contributed by atoms with Crippen LogP contribution < -0.4 is 4.90 Å². The molecule has 0 radical (unpaired) electrons. The van der Waals surface area contributed by atoms with Gasteiger partial charge in [-0.1, -0.05) is 149 Å². The van der Waals surface area contributed by atoms with E-state index in [1.54, 1.807) is 0 Å². The first kappa shape index (κ1) is 28.8. The second-order valence-electron chi connectivity index (χ2n) is 14.0. The molecule has 6 aromatic carbocycles. The minimum Gasteiger partial charge on any atom is -0.310 e. The van der Waals surface area contributed by atoms with Crippen molar-refractivity contribution in [3.05, 3.63) is 162 Å². The Bertz CT molecular complexity index is 1990. The van der Waals surface area contributed by atoms with Gasteiger partial charge in [-0.05, 0) is 93.4 Å². The summed E-state index contributed by atoms with van der Waals surface area (Å²) in [5.41, 5.74) is 12.0. The van der Waals surface area contributed by atoms with E-state index < -0.39 is 0 Å². The summed E-state index contributed by atoms with van der Waals surface area (Å²) in [5.74, 6) is 0. The van der Waals surface area contributed by atoms with Gasteiger partial charge in [0.25, 0.3) is 0 Å². The largest absolute Gasteiger partial charge is 0.310 e. The van der Waals surface area contributed by atoms with Crippen LogP contribution in [-0.2, 0) is 10.8 Å². The second-order valence-corrected chi connectivity index (χ2v) is 14.0. The summed E-state index contributed by atoms with van der Waals surface area (Å²) in [6, 6.07) is 52.5. The molecule has 1 fully saturated rings. The normalized spacial score (nSPS) is 16.7. The average molecular weight is 598 g/mol. The molecule has 2 aliphatic carbocycles. The van der Waals surface area contributed by atoms with Gasteiger partial charge in [0.2, 0.25) is 0 Å². The molecular formula is C45H43N. The first-order valence-corrected chi connectivity index (χ1v) is 17.2. The first-order chi connectivity index (χ1) is 22.5. The average Bonchev–Trinajstić information content (AvgIpc) is 3.32. The fourth-order valence-corrected chi connectivity index (χ4v) is 8.53. The van der Waals surface area contributed by atoms with Crippen LogP contribution in [0.1, 0.15) is 81.0 Å². The lowest BCUT2D eigenvalue weighted by Gasteiger charge is -2.37. The van der Waals surface area contributed by atoms with Crippen molar-refractivity contribution in [2.45, 2.75) is 69.6 Å². The van der Waals surface area contributed by atoms with Crippen molar-refractivity contribution in [3.8, 4) is 11.1 Å². The summed E-state index contributed by atoms with van der Waals surface area (Å²) >= 11 is 0. The van der Waals surface area contributed by atoms with Gasteiger partial charge in [-0.25, -0.2) is 0 Å². The fourth-order valence-electron chi connectivity index (χ4n) is 8.53. The summed E-state index contributed by atoms with van der Waals surface area (Å²) < 4.78 is 0. The van der Waals surface area contributed by atoms with Crippen LogP contribution in [0.4, 0.5) is 17.1 Å². The minimum absolute atomic E-state index is 0.0544. The summed E-state index contributed by atoms with van der Waals surface area (Å²) in [6.45, 7) is 4.74. The van der Waals surface area contributed by atoms with Crippen LogP contribution in [0.2, 0.25) is 0 Å². The van der Waals surface area contributed by atoms with Gasteiger partial charge >= 0.3 is 0 Å². The Kier molecular flexibility index (Phi) is 7.29. The van der Waals surface area contributed by atoms with E-state index in [1.165, 1.54) is 106 Å². The van der Waals surface area contributed by atoms with Gasteiger partial charge in [-0.2, -0.15) is 0 Å². The number of rotatable bonds is 5. The molecule has 0 atom stereocenters. The van der Waals surface area contributed by atoms with Gasteiger partial charge in [-0.15, -0.1) is 0 Å². The van der Waals surface area contributed by atoms with Crippen molar-refractivity contribution < 1.29 is 0 Å². The van der Waals surface area contributed by atoms with Gasteiger partial charge < -0.3 is 4.90 Å². The van der Waals surface area contributed by atoms with Crippen LogP contribution >= 0.6 is 0 Å². The van der Waals surface area contributed by atoms with E-state index in [0.717, 1.165) is 0 Å². The number of hydrogen-bond acceptors (Lipinski definition) is 1. The lowest BCUT2D eigenvalue weighted by molar-refractivity contribution is 0.366. The van der Waals surface area contributed by atoms with E-state index in [0.29, 0.717) is 0 Å². The molecule has 1 heteroatoms. The molecule has 1 saturated carbocycles. The summed E-state index contributed by atoms with van der Waals surface area (Å²) in [4.78, 5) is 2.46. The molecule has 0 N–H and O–H groups in total. The molecule has 0 aliphatic heterocycles. The summed E-state index contributed by atoms with van der Waals surface area (Å²) in [7, 11) is 0. The highest BCUT2D eigenvalue weighted by molar-refractivity contribution is 5.90. The van der Waals surface area contributed by atoms with E-state index in [4.69, 9.17) is 0 Å². The molecular weight excluding hydrogens is 555 g/mol. The molecule has 0 saturated heterocycles. The van der Waals surface area contributed by atoms with Crippen molar-refractivity contribution in [1.82, 2.24) is 0 Å². The molecule has 0 spiro atoms. The van der Waals surface area contributed by atoms with Crippen LogP contribution in [0.3, 0.4) is 0 Å². The molecule has 0 bridgehead atoms. The predicted molar refractivity (Wildman–Crippen MR) is 196 cm³/mol. The lowest BCUT2D eigenvalue weighted by atomic mass is 9.67. The third-order valence-electron chi connectivity index (χ3n) is 11.0. The highest BCUT2D eigenvalue weighted by Crippen LogP contribution is 2.51. The Hall–Kier alpha value is -4.62. The number of hydrogen-bond donors (Lipinski definition) is 0. The smallest absolute Gasteiger partial charge is 0.0468 e. The van der Waals surface area contributed by atoms with E-state index in [1.807, 2.05) is 0 Å². The molecule has 0 aromatic heterocycles. The van der Waals surface area contributed by atoms with Crippen LogP contribution in [0.25, 0.3) is 21.9 Å². The molecule has 0 unspecified atom stereocenters. The van der Waals surface area contributed by atoms with E-state index in [-0.39, 0.29) is 10.8 Å². The van der Waals surface area contributed by atoms with Crippen LogP contribution in [-0.4, -0.2) is 0 Å². The van der Waals surface area contributed by atoms with Crippen molar-refractivity contribution in [2.75, 3.05) is 4.90 Å². The Balaban J connectivity index is 1.26. The lowest BCUT2D eigenvalue weighted by Crippen LogP contribution is -2.29. The third kappa shape index (κ3) is 4.85. The zero-order valence-corrected chi connectivity index (χ0v) is 27.2. The SMILES string of the molecule is CC1(C)c2ccccc2-c2ccc(N(c3ccc(C4(c5ccccc5)CCCCCCC4)cc3)c3ccc4ccccc4c3)cc21. The van der Waals surface area contributed by atoms with Crippen LogP contribution in [0.5, 0.6) is 0 Å². The second kappa shape index (κ2) is 11.6. The molecule has 1 nitrogen and oxygen atoms in total. The van der Waals surface area contributed by atoms with Crippen molar-refractivity contribution in [1.29, 1.82) is 0 Å². The number of benzene rings is 6. The Labute approximate surface area is 274 Å². The van der Waals surface area contributed by atoms with Crippen molar-refractivity contribution in [3.63, 3.8) is 0 Å². The van der Waals surface area contributed by atoms with Crippen molar-refractivity contribution >= 4 is 27.8 Å². The minimum atomic E-state index is -0.0544. The van der Waals surface area contributed by atoms with E-state index in [2.05, 4.69) is 158 Å². The van der Waals surface area contributed by atoms with E-state index >= 15 is 0 Å². The van der Waals surface area contributed by atoms with Gasteiger partial charge in [0.15, 0.2) is 0 Å². The summed E-state index contributed by atoms with van der Waals surface area (Å²) in [5, 5.41) is 2.52. The molecule has 2 aliphatic rings. The topological polar surface area (TPSA) is 3.24 Å². The number of fused-ring (bicyclic) bond motifs is 4. The molecule has 228 valence electrons. The maximum absolute atomic E-state index is 2.46. The number of anilines is 3. The molecule has 0 amide bonds. The summed E-state index contributed by atoms with van der Waals surface area (Å²) in [6.07, 6.45) is 9.03. The molecule has 0 heterocycles. The monoisotopic (exact) mass is 597 g/mol. The maximum atomic E-state index is 2.46. The quantitative estimate of drug-likeness (QED) is 0.191. The third-order valence-corrected chi connectivity index (χ3v) is 11.0. The van der Waals surface area contributed by atoms with Gasteiger partial charge in [0, 0.05) is 27.9 Å². The first-order valence-electron chi connectivity index (χ1n) is 17.2. The standard InChI is InChI=1S/C45H43N/c1-44(2)42-20-12-11-19-40(42)41-28-27-39(32-43(41)44)46(38-24-21-33-15-9-10-16-34(33)31-38)37-25-22-36(23-26-37)45(35-17-7-6-8-18-35)29-13-4-3-5-14-30-45/h6-12,15-28,31-32H,3-5,13-14,29-30H2,1-2H3. The molecule has 6 aromatic rings. The Morgan fingerprint density at radius 1 is 0.435 bits per heavy atom. The van der Waals surface area contributed by atoms with Gasteiger partial charge in [0.05, 0.1) is 0 Å². The fraction of sp³-hybridized carbons (Fsp3) is 0.244. The predicted octanol–water partition coefficient (Wildman–Crippen LogP) is 12.6. The zero-order valence-electron chi connectivity index (χ0n) is 27.2. The molecule has 8 rings (SSSR count). The Morgan fingerprint density at radius 2 is 1.00 bits per heavy atom. The van der Waals surface area contributed by atoms with Crippen molar-refractivity contribution in [2.24, 2.45) is 0 Å². The highest BCUT2D eigenvalue weighted by Gasteiger charge is 2.36. The highest BCUT2D eigenvalue weighted by atomic mass is 15.1. The molecule has 46 heavy (non-hydrogen) atoms. The van der Waals surface area contributed by atoms with Crippen LogP contribution in [0.15, 0.2) is 140 Å². The zero-order chi connectivity index (χ0) is 31.1. The number of nitrogens with zero attached hydrogens (tertiary/aromatic N) is 1. The van der Waals surface area contributed by atoms with E-state index in [9.17, 15) is 0 Å². The van der Waals surface area contributed by atoms with Crippen LogP contribution in [0, 0.1) is 0 Å². The van der Waals surface area contributed by atoms with Gasteiger partial charge in [-0.3, -0.25) is 0 Å².